The van der Waals surface area contributed by atoms with Crippen LogP contribution in [0.1, 0.15) is 35.5 Å². The summed E-state index contributed by atoms with van der Waals surface area (Å²) in [4.78, 5) is 17.7. The standard InChI is InChI=1S/C21H30N4O4S/c1-16(2)24(3)15-18-7-5-4-6-17(18)13-23-21(26)20-12-19(14-22-20)30(27,28)25-8-10-29-11-9-25/h4-7,12,14,16,22H,8-11,13,15H2,1-3H3,(H,23,26). The van der Waals surface area contributed by atoms with Gasteiger partial charge in [-0.05, 0) is 38.1 Å². The largest absolute Gasteiger partial charge is 0.379 e. The van der Waals surface area contributed by atoms with Crippen molar-refractivity contribution in [2.75, 3.05) is 33.4 Å². The molecular weight excluding hydrogens is 404 g/mol. The SMILES string of the molecule is CC(C)N(C)Cc1ccccc1CNC(=O)c1cc(S(=O)(=O)N2CCOCC2)c[nH]1. The molecule has 9 heteroatoms. The maximum atomic E-state index is 12.7. The highest BCUT2D eigenvalue weighted by Crippen LogP contribution is 2.18. The summed E-state index contributed by atoms with van der Waals surface area (Å²) in [6.07, 6.45) is 1.37. The minimum atomic E-state index is -3.63. The number of sulfonamides is 1. The second-order valence-electron chi connectivity index (χ2n) is 7.73. The van der Waals surface area contributed by atoms with Crippen LogP contribution in [0.15, 0.2) is 41.4 Å². The van der Waals surface area contributed by atoms with Crippen molar-refractivity contribution in [3.63, 3.8) is 0 Å². The summed E-state index contributed by atoms with van der Waals surface area (Å²) in [6.45, 7) is 6.81. The molecular formula is C21H30N4O4S. The van der Waals surface area contributed by atoms with Gasteiger partial charge in [0.15, 0.2) is 0 Å². The minimum Gasteiger partial charge on any atom is -0.379 e. The Morgan fingerprint density at radius 1 is 1.23 bits per heavy atom. The number of carbonyl (C=O) groups excluding carboxylic acids is 1. The predicted octanol–water partition coefficient (Wildman–Crippen LogP) is 1.81. The molecule has 1 fully saturated rings. The topological polar surface area (TPSA) is 94.7 Å². The van der Waals surface area contributed by atoms with Crippen molar-refractivity contribution in [1.29, 1.82) is 0 Å². The lowest BCUT2D eigenvalue weighted by Crippen LogP contribution is -2.40. The van der Waals surface area contributed by atoms with Crippen LogP contribution in [-0.4, -0.2) is 67.9 Å². The van der Waals surface area contributed by atoms with E-state index in [4.69, 9.17) is 4.74 Å². The molecule has 3 rings (SSSR count). The van der Waals surface area contributed by atoms with Crippen LogP contribution in [0.3, 0.4) is 0 Å². The van der Waals surface area contributed by atoms with Crippen molar-refractivity contribution < 1.29 is 17.9 Å². The summed E-state index contributed by atoms with van der Waals surface area (Å²) < 4.78 is 32.0. The van der Waals surface area contributed by atoms with Gasteiger partial charge in [0.2, 0.25) is 10.0 Å². The molecule has 30 heavy (non-hydrogen) atoms. The molecule has 1 amide bonds. The summed E-state index contributed by atoms with van der Waals surface area (Å²) in [5, 5.41) is 2.89. The van der Waals surface area contributed by atoms with E-state index in [0.29, 0.717) is 38.9 Å². The molecule has 0 unspecified atom stereocenters. The zero-order valence-electron chi connectivity index (χ0n) is 17.7. The summed E-state index contributed by atoms with van der Waals surface area (Å²) in [6, 6.07) is 9.79. The van der Waals surface area contributed by atoms with Crippen LogP contribution in [0, 0.1) is 0 Å². The van der Waals surface area contributed by atoms with Gasteiger partial charge in [-0.2, -0.15) is 4.31 Å². The van der Waals surface area contributed by atoms with Crippen LogP contribution >= 0.6 is 0 Å². The number of aromatic nitrogens is 1. The van der Waals surface area contributed by atoms with E-state index in [2.05, 4.69) is 42.2 Å². The Kier molecular flexibility index (Phi) is 7.30. The number of morpholine rings is 1. The Morgan fingerprint density at radius 3 is 2.57 bits per heavy atom. The minimum absolute atomic E-state index is 0.0912. The third-order valence-corrected chi connectivity index (χ3v) is 7.24. The van der Waals surface area contributed by atoms with E-state index < -0.39 is 10.0 Å². The van der Waals surface area contributed by atoms with Gasteiger partial charge >= 0.3 is 0 Å². The van der Waals surface area contributed by atoms with Gasteiger partial charge < -0.3 is 15.0 Å². The number of H-pyrrole nitrogens is 1. The second-order valence-corrected chi connectivity index (χ2v) is 9.66. The van der Waals surface area contributed by atoms with E-state index >= 15 is 0 Å². The molecule has 0 spiro atoms. The van der Waals surface area contributed by atoms with E-state index in [0.717, 1.165) is 17.7 Å². The van der Waals surface area contributed by atoms with Gasteiger partial charge in [-0.1, -0.05) is 24.3 Å². The molecule has 0 saturated carbocycles. The number of nitrogens with one attached hydrogen (secondary N) is 2. The van der Waals surface area contributed by atoms with E-state index in [-0.39, 0.29) is 16.5 Å². The monoisotopic (exact) mass is 434 g/mol. The lowest BCUT2D eigenvalue weighted by Gasteiger charge is -2.25. The van der Waals surface area contributed by atoms with Crippen molar-refractivity contribution in [3.8, 4) is 0 Å². The summed E-state index contributed by atoms with van der Waals surface area (Å²) in [7, 11) is -1.57. The van der Waals surface area contributed by atoms with Gasteiger partial charge in [0.25, 0.3) is 5.91 Å². The normalized spacial score (nSPS) is 15.6. The molecule has 1 aromatic carbocycles. The maximum Gasteiger partial charge on any atom is 0.268 e. The molecule has 1 saturated heterocycles. The van der Waals surface area contributed by atoms with Crippen LogP contribution in [0.4, 0.5) is 0 Å². The fourth-order valence-corrected chi connectivity index (χ4v) is 4.60. The summed E-state index contributed by atoms with van der Waals surface area (Å²) in [5.41, 5.74) is 2.40. The molecule has 164 valence electrons. The molecule has 2 heterocycles. The lowest BCUT2D eigenvalue weighted by molar-refractivity contribution is 0.0730. The lowest BCUT2D eigenvalue weighted by atomic mass is 10.1. The number of hydrogen-bond acceptors (Lipinski definition) is 5. The Balaban J connectivity index is 1.65. The van der Waals surface area contributed by atoms with Crippen LogP contribution in [0.2, 0.25) is 0 Å². The van der Waals surface area contributed by atoms with Crippen LogP contribution < -0.4 is 5.32 Å². The van der Waals surface area contributed by atoms with Gasteiger partial charge in [-0.25, -0.2) is 8.42 Å². The van der Waals surface area contributed by atoms with Gasteiger partial charge in [0, 0.05) is 38.4 Å². The molecule has 1 aliphatic rings. The molecule has 0 radical (unpaired) electrons. The first-order valence-corrected chi connectivity index (χ1v) is 11.5. The highest BCUT2D eigenvalue weighted by molar-refractivity contribution is 7.89. The average Bonchev–Trinajstić information content (AvgIpc) is 3.25. The van der Waals surface area contributed by atoms with E-state index in [1.165, 1.54) is 16.6 Å². The predicted molar refractivity (Wildman–Crippen MR) is 115 cm³/mol. The third kappa shape index (κ3) is 5.28. The average molecular weight is 435 g/mol. The van der Waals surface area contributed by atoms with Crippen LogP contribution in [0.5, 0.6) is 0 Å². The number of rotatable bonds is 8. The molecule has 0 aliphatic carbocycles. The van der Waals surface area contributed by atoms with Crippen molar-refractivity contribution >= 4 is 15.9 Å². The molecule has 8 nitrogen and oxygen atoms in total. The smallest absolute Gasteiger partial charge is 0.268 e. The van der Waals surface area contributed by atoms with Crippen LogP contribution in [-0.2, 0) is 27.8 Å². The first-order chi connectivity index (χ1) is 14.3. The maximum absolute atomic E-state index is 12.7. The molecule has 0 bridgehead atoms. The Morgan fingerprint density at radius 2 is 1.90 bits per heavy atom. The van der Waals surface area contributed by atoms with E-state index in [1.54, 1.807) is 0 Å². The van der Waals surface area contributed by atoms with E-state index in [1.807, 2.05) is 18.2 Å². The zero-order valence-corrected chi connectivity index (χ0v) is 18.5. The zero-order chi connectivity index (χ0) is 21.7. The highest BCUT2D eigenvalue weighted by Gasteiger charge is 2.28. The molecule has 0 atom stereocenters. The number of nitrogens with zero attached hydrogens (tertiary/aromatic N) is 2. The fourth-order valence-electron chi connectivity index (χ4n) is 3.20. The number of carbonyl (C=O) groups is 1. The fraction of sp³-hybridized carbons (Fsp3) is 0.476. The van der Waals surface area contributed by atoms with Crippen molar-refractivity contribution in [2.45, 2.75) is 37.9 Å². The molecule has 1 aliphatic heterocycles. The Bertz CT molecular complexity index is 965. The first-order valence-electron chi connectivity index (χ1n) is 10.1. The van der Waals surface area contributed by atoms with E-state index in [9.17, 15) is 13.2 Å². The van der Waals surface area contributed by atoms with Gasteiger partial charge in [-0.3, -0.25) is 9.69 Å². The van der Waals surface area contributed by atoms with Gasteiger partial charge in [0.1, 0.15) is 10.6 Å². The number of amides is 1. The first kappa shape index (κ1) is 22.5. The number of hydrogen-bond donors (Lipinski definition) is 2. The molecule has 1 aromatic heterocycles. The summed E-state index contributed by atoms with van der Waals surface area (Å²) >= 11 is 0. The van der Waals surface area contributed by atoms with Crippen molar-refractivity contribution in [3.05, 3.63) is 53.3 Å². The van der Waals surface area contributed by atoms with Crippen LogP contribution in [0.25, 0.3) is 0 Å². The summed E-state index contributed by atoms with van der Waals surface area (Å²) in [5.74, 6) is -0.342. The van der Waals surface area contributed by atoms with Gasteiger partial charge in [0.05, 0.1) is 13.2 Å². The second kappa shape index (κ2) is 9.74. The number of ether oxygens (including phenoxy) is 1. The Hall–Kier alpha value is -2.20. The van der Waals surface area contributed by atoms with Crippen molar-refractivity contribution in [1.82, 2.24) is 19.5 Å². The Labute approximate surface area is 178 Å². The highest BCUT2D eigenvalue weighted by atomic mass is 32.2. The quantitative estimate of drug-likeness (QED) is 0.661. The molecule has 2 aromatic rings. The van der Waals surface area contributed by atoms with Crippen molar-refractivity contribution in [2.24, 2.45) is 0 Å². The number of aromatic amines is 1. The molecule has 2 N–H and O–H groups in total. The number of benzene rings is 1. The van der Waals surface area contributed by atoms with Gasteiger partial charge in [-0.15, -0.1) is 0 Å². The third-order valence-electron chi connectivity index (χ3n) is 5.37.